The molecular formula is C11H9BrClFN2O2S2. The molecule has 2 aromatic rings. The first-order valence-electron chi connectivity index (χ1n) is 5.36. The fourth-order valence-corrected chi connectivity index (χ4v) is 4.71. The van der Waals surface area contributed by atoms with Crippen LogP contribution in [0.1, 0.15) is 11.3 Å². The Hall–Kier alpha value is -0.540. The Bertz CT molecular complexity index is 749. The zero-order valence-electron chi connectivity index (χ0n) is 10.2. The third kappa shape index (κ3) is 3.56. The number of hydrogen-bond donors (Lipinski definition) is 1. The van der Waals surface area contributed by atoms with E-state index >= 15 is 0 Å². The van der Waals surface area contributed by atoms with Crippen molar-refractivity contribution in [2.75, 3.05) is 0 Å². The van der Waals surface area contributed by atoms with E-state index in [1.165, 1.54) is 12.1 Å². The predicted molar refractivity (Wildman–Crippen MR) is 80.0 cm³/mol. The summed E-state index contributed by atoms with van der Waals surface area (Å²) in [5.41, 5.74) is 0.568. The maximum absolute atomic E-state index is 13.5. The van der Waals surface area contributed by atoms with Gasteiger partial charge in [0.2, 0.25) is 0 Å². The van der Waals surface area contributed by atoms with Crippen LogP contribution < -0.4 is 4.72 Å². The lowest BCUT2D eigenvalue weighted by Crippen LogP contribution is -2.23. The number of hydrogen-bond acceptors (Lipinski definition) is 4. The minimum atomic E-state index is -3.76. The van der Waals surface area contributed by atoms with Crippen LogP contribution in [-0.2, 0) is 16.6 Å². The van der Waals surface area contributed by atoms with Crippen molar-refractivity contribution in [2.45, 2.75) is 17.7 Å². The Morgan fingerprint density at radius 3 is 2.80 bits per heavy atom. The Labute approximate surface area is 133 Å². The van der Waals surface area contributed by atoms with Gasteiger partial charge in [-0.05, 0) is 25.1 Å². The normalized spacial score (nSPS) is 11.8. The largest absolute Gasteiger partial charge is 0.252 e. The highest BCUT2D eigenvalue weighted by molar-refractivity contribution is 9.10. The fourth-order valence-electron chi connectivity index (χ4n) is 1.52. The molecular weight excluding hydrogens is 391 g/mol. The summed E-state index contributed by atoms with van der Waals surface area (Å²) < 4.78 is 40.9. The number of aromatic nitrogens is 1. The van der Waals surface area contributed by atoms with Gasteiger partial charge in [0.1, 0.15) is 5.82 Å². The lowest BCUT2D eigenvalue weighted by atomic mass is 10.2. The molecule has 2 rings (SSSR count). The van der Waals surface area contributed by atoms with Crippen molar-refractivity contribution in [2.24, 2.45) is 0 Å². The third-order valence-corrected chi connectivity index (χ3v) is 6.20. The number of thiazole rings is 1. The second-order valence-corrected chi connectivity index (χ2v) is 8.36. The maximum Gasteiger partial charge on any atom is 0.252 e. The summed E-state index contributed by atoms with van der Waals surface area (Å²) in [4.78, 5) is 3.85. The molecule has 1 heterocycles. The van der Waals surface area contributed by atoms with Crippen molar-refractivity contribution < 1.29 is 12.8 Å². The molecule has 1 aromatic heterocycles. The van der Waals surface area contributed by atoms with Crippen LogP contribution in [0.25, 0.3) is 0 Å². The molecule has 1 aromatic carbocycles. The van der Waals surface area contributed by atoms with Crippen LogP contribution in [0, 0.1) is 12.7 Å². The zero-order valence-corrected chi connectivity index (χ0v) is 14.1. The second-order valence-electron chi connectivity index (χ2n) is 3.90. The van der Waals surface area contributed by atoms with E-state index in [2.05, 4.69) is 25.6 Å². The van der Waals surface area contributed by atoms with Crippen LogP contribution in [0.5, 0.6) is 0 Å². The molecule has 0 unspecified atom stereocenters. The lowest BCUT2D eigenvalue weighted by Gasteiger charge is -2.07. The Morgan fingerprint density at radius 2 is 2.20 bits per heavy atom. The minimum absolute atomic E-state index is 0.0397. The van der Waals surface area contributed by atoms with E-state index in [1.807, 2.05) is 0 Å². The van der Waals surface area contributed by atoms with Gasteiger partial charge in [0, 0.05) is 16.6 Å². The zero-order chi connectivity index (χ0) is 14.9. The van der Waals surface area contributed by atoms with E-state index in [-0.39, 0.29) is 20.8 Å². The van der Waals surface area contributed by atoms with Gasteiger partial charge in [0.25, 0.3) is 10.0 Å². The monoisotopic (exact) mass is 398 g/mol. The van der Waals surface area contributed by atoms with Gasteiger partial charge in [-0.25, -0.2) is 22.5 Å². The van der Waals surface area contributed by atoms with Gasteiger partial charge in [-0.2, -0.15) is 0 Å². The number of benzene rings is 1. The van der Waals surface area contributed by atoms with Crippen LogP contribution in [0.4, 0.5) is 4.39 Å². The summed E-state index contributed by atoms with van der Waals surface area (Å²) >= 11 is 9.76. The molecule has 0 aliphatic rings. The number of sulfonamides is 1. The van der Waals surface area contributed by atoms with Gasteiger partial charge in [-0.1, -0.05) is 38.9 Å². The molecule has 0 spiro atoms. The van der Waals surface area contributed by atoms with E-state index in [0.717, 1.165) is 11.3 Å². The topological polar surface area (TPSA) is 59.1 Å². The molecule has 0 amide bonds. The number of rotatable bonds is 4. The lowest BCUT2D eigenvalue weighted by molar-refractivity contribution is 0.575. The fraction of sp³-hybridized carbons (Fsp3) is 0.182. The molecule has 0 radical (unpaired) electrons. The summed E-state index contributed by atoms with van der Waals surface area (Å²) in [7, 11) is -3.76. The van der Waals surface area contributed by atoms with Gasteiger partial charge < -0.3 is 0 Å². The number of nitrogens with zero attached hydrogens (tertiary/aromatic N) is 1. The summed E-state index contributed by atoms with van der Waals surface area (Å²) in [6, 6.07) is 4.33. The molecule has 20 heavy (non-hydrogen) atoms. The Morgan fingerprint density at radius 1 is 1.50 bits per heavy atom. The van der Waals surface area contributed by atoms with Crippen molar-refractivity contribution in [3.63, 3.8) is 0 Å². The van der Waals surface area contributed by atoms with E-state index in [0.29, 0.717) is 10.2 Å². The highest BCUT2D eigenvalue weighted by Gasteiger charge is 2.21. The Balaban J connectivity index is 2.21. The highest BCUT2D eigenvalue weighted by Crippen LogP contribution is 2.26. The molecule has 108 valence electrons. The van der Waals surface area contributed by atoms with E-state index < -0.39 is 15.8 Å². The molecule has 0 aliphatic heterocycles. The highest BCUT2D eigenvalue weighted by atomic mass is 79.9. The number of nitrogens with one attached hydrogen (secondary N) is 1. The van der Waals surface area contributed by atoms with Gasteiger partial charge >= 0.3 is 0 Å². The Kier molecular flexibility index (Phi) is 4.80. The average molecular weight is 400 g/mol. The first-order chi connectivity index (χ1) is 9.29. The summed E-state index contributed by atoms with van der Waals surface area (Å²) in [5.74, 6) is -0.477. The van der Waals surface area contributed by atoms with Crippen LogP contribution in [0.2, 0.25) is 4.47 Å². The van der Waals surface area contributed by atoms with Crippen molar-refractivity contribution in [3.05, 3.63) is 44.2 Å². The molecule has 0 atom stereocenters. The number of halogens is 3. The average Bonchev–Trinajstić information content (AvgIpc) is 2.70. The summed E-state index contributed by atoms with van der Waals surface area (Å²) in [6.07, 6.45) is 0. The standard InChI is InChI=1S/C11H9BrClFN2O2S2/c1-6-10(19-11(13)16-6)20(17,18)15-5-7-4-8(12)2-3-9(7)14/h2-4,15H,5H2,1H3. The van der Waals surface area contributed by atoms with Crippen molar-refractivity contribution in [1.82, 2.24) is 9.71 Å². The van der Waals surface area contributed by atoms with Gasteiger partial charge in [-0.15, -0.1) is 0 Å². The van der Waals surface area contributed by atoms with Gasteiger partial charge in [0.05, 0.1) is 5.69 Å². The van der Waals surface area contributed by atoms with Crippen molar-refractivity contribution >= 4 is 48.9 Å². The molecule has 0 aliphatic carbocycles. The molecule has 0 saturated heterocycles. The van der Waals surface area contributed by atoms with E-state index in [9.17, 15) is 12.8 Å². The van der Waals surface area contributed by atoms with E-state index in [1.54, 1.807) is 13.0 Å². The van der Waals surface area contributed by atoms with Crippen molar-refractivity contribution in [3.8, 4) is 0 Å². The SMILES string of the molecule is Cc1nc(Cl)sc1S(=O)(=O)NCc1cc(Br)ccc1F. The number of aryl methyl sites for hydroxylation is 1. The molecule has 4 nitrogen and oxygen atoms in total. The van der Waals surface area contributed by atoms with Crippen LogP contribution in [0.15, 0.2) is 26.9 Å². The van der Waals surface area contributed by atoms with Gasteiger partial charge in [0.15, 0.2) is 8.68 Å². The molecule has 9 heteroatoms. The molecule has 1 N–H and O–H groups in total. The minimum Gasteiger partial charge on any atom is -0.229 e. The molecule has 0 fully saturated rings. The van der Waals surface area contributed by atoms with Gasteiger partial charge in [-0.3, -0.25) is 0 Å². The van der Waals surface area contributed by atoms with E-state index in [4.69, 9.17) is 11.6 Å². The smallest absolute Gasteiger partial charge is 0.229 e. The maximum atomic E-state index is 13.5. The predicted octanol–water partition coefficient (Wildman–Crippen LogP) is 3.49. The van der Waals surface area contributed by atoms with Crippen LogP contribution in [0.3, 0.4) is 0 Å². The van der Waals surface area contributed by atoms with Crippen molar-refractivity contribution in [1.29, 1.82) is 0 Å². The first-order valence-corrected chi connectivity index (χ1v) is 8.83. The molecule has 0 saturated carbocycles. The first kappa shape index (κ1) is 15.8. The summed E-state index contributed by atoms with van der Waals surface area (Å²) in [5, 5.41) is 0. The second kappa shape index (κ2) is 6.07. The van der Waals surface area contributed by atoms with Crippen LogP contribution >= 0.6 is 38.9 Å². The third-order valence-electron chi connectivity index (χ3n) is 2.43. The summed E-state index contributed by atoms with van der Waals surface area (Å²) in [6.45, 7) is 1.40. The molecule has 0 bridgehead atoms. The van der Waals surface area contributed by atoms with Crippen LogP contribution in [-0.4, -0.2) is 13.4 Å². The quantitative estimate of drug-likeness (QED) is 0.856.